The Labute approximate surface area is 98.3 Å². The molecule has 1 aromatic carbocycles. The van der Waals surface area contributed by atoms with Gasteiger partial charge in [0, 0.05) is 20.0 Å². The van der Waals surface area contributed by atoms with Crippen LogP contribution in [0.15, 0.2) is 18.2 Å². The van der Waals surface area contributed by atoms with E-state index < -0.39 is 0 Å². The van der Waals surface area contributed by atoms with E-state index >= 15 is 0 Å². The maximum Gasteiger partial charge on any atom is 0.219 e. The van der Waals surface area contributed by atoms with Gasteiger partial charge >= 0.3 is 0 Å². The normalized spacial score (nSPS) is 13.6. The molecule has 0 fully saturated rings. The Balaban J connectivity index is 0.000000606. The lowest BCUT2D eigenvalue weighted by atomic mass is 9.95. The van der Waals surface area contributed by atoms with E-state index in [4.69, 9.17) is 0 Å². The summed E-state index contributed by atoms with van der Waals surface area (Å²) >= 11 is 0. The largest absolute Gasteiger partial charge is 0.338 e. The van der Waals surface area contributed by atoms with E-state index in [1.807, 2.05) is 18.7 Å². The van der Waals surface area contributed by atoms with Gasteiger partial charge in [-0.15, -0.1) is 0 Å². The summed E-state index contributed by atoms with van der Waals surface area (Å²) in [6.07, 6.45) is 1.00. The highest BCUT2D eigenvalue weighted by molar-refractivity contribution is 5.73. The molecule has 16 heavy (non-hydrogen) atoms. The Morgan fingerprint density at radius 1 is 1.31 bits per heavy atom. The van der Waals surface area contributed by atoms with Crippen LogP contribution in [0.25, 0.3) is 0 Å². The van der Waals surface area contributed by atoms with Crippen LogP contribution in [0, 0.1) is 6.92 Å². The molecule has 0 N–H and O–H groups in total. The van der Waals surface area contributed by atoms with Gasteiger partial charge in [-0.25, -0.2) is 0 Å². The zero-order valence-electron chi connectivity index (χ0n) is 10.7. The van der Waals surface area contributed by atoms with Crippen molar-refractivity contribution in [3.8, 4) is 0 Å². The van der Waals surface area contributed by atoms with Crippen LogP contribution in [0.2, 0.25) is 0 Å². The number of carbonyl (C=O) groups excluding carboxylic acids is 1. The van der Waals surface area contributed by atoms with Crippen molar-refractivity contribution in [2.75, 3.05) is 6.54 Å². The number of amides is 1. The molecule has 2 rings (SSSR count). The molecule has 0 saturated carbocycles. The molecular weight excluding hydrogens is 198 g/mol. The Bertz CT molecular complexity index is 371. The van der Waals surface area contributed by atoms with Gasteiger partial charge in [0.05, 0.1) is 0 Å². The molecule has 0 saturated heterocycles. The molecule has 0 spiro atoms. The second-order valence-electron chi connectivity index (χ2n) is 3.90. The minimum Gasteiger partial charge on any atom is -0.338 e. The summed E-state index contributed by atoms with van der Waals surface area (Å²) < 4.78 is 0. The van der Waals surface area contributed by atoms with Crippen molar-refractivity contribution in [2.45, 2.75) is 40.7 Å². The van der Waals surface area contributed by atoms with Crippen molar-refractivity contribution in [1.29, 1.82) is 0 Å². The van der Waals surface area contributed by atoms with Crippen LogP contribution in [0.1, 0.15) is 37.5 Å². The topological polar surface area (TPSA) is 20.3 Å². The molecule has 0 aromatic heterocycles. The van der Waals surface area contributed by atoms with Gasteiger partial charge < -0.3 is 4.90 Å². The van der Waals surface area contributed by atoms with Gasteiger partial charge in [-0.2, -0.15) is 0 Å². The summed E-state index contributed by atoms with van der Waals surface area (Å²) in [5, 5.41) is 0. The van der Waals surface area contributed by atoms with E-state index in [2.05, 4.69) is 25.1 Å². The first kappa shape index (κ1) is 12.8. The molecule has 0 atom stereocenters. The van der Waals surface area contributed by atoms with Gasteiger partial charge in [0.2, 0.25) is 5.91 Å². The number of benzene rings is 1. The molecule has 88 valence electrons. The number of hydrogen-bond acceptors (Lipinski definition) is 1. The number of carbonyl (C=O) groups is 1. The molecule has 0 radical (unpaired) electrons. The van der Waals surface area contributed by atoms with Crippen LogP contribution in [-0.4, -0.2) is 17.4 Å². The second kappa shape index (κ2) is 5.69. The number of nitrogens with zero attached hydrogens (tertiary/aromatic N) is 1. The highest BCUT2D eigenvalue weighted by Crippen LogP contribution is 2.21. The first-order valence-corrected chi connectivity index (χ1v) is 6.01. The Morgan fingerprint density at radius 3 is 2.62 bits per heavy atom. The lowest BCUT2D eigenvalue weighted by molar-refractivity contribution is -0.129. The number of fused-ring (bicyclic) bond motifs is 1. The summed E-state index contributed by atoms with van der Waals surface area (Å²) in [7, 11) is 0. The van der Waals surface area contributed by atoms with Crippen LogP contribution in [0.4, 0.5) is 0 Å². The summed E-state index contributed by atoms with van der Waals surface area (Å²) in [4.78, 5) is 13.1. The van der Waals surface area contributed by atoms with Gasteiger partial charge in [0.25, 0.3) is 0 Å². The molecule has 0 aliphatic carbocycles. The standard InChI is InChI=1S/C12H15NO.C2H6/c1-9-4-3-5-11-8-13(10(2)14)7-6-12(9)11;1-2/h3-5H,6-8H2,1-2H3;1-2H3. The van der Waals surface area contributed by atoms with Crippen LogP contribution >= 0.6 is 0 Å². The predicted molar refractivity (Wildman–Crippen MR) is 67.3 cm³/mol. The van der Waals surface area contributed by atoms with Gasteiger partial charge in [0.1, 0.15) is 0 Å². The summed E-state index contributed by atoms with van der Waals surface area (Å²) in [5.41, 5.74) is 4.10. The average molecular weight is 219 g/mol. The summed E-state index contributed by atoms with van der Waals surface area (Å²) in [6, 6.07) is 6.33. The van der Waals surface area contributed by atoms with Gasteiger partial charge in [0.15, 0.2) is 0 Å². The fraction of sp³-hybridized carbons (Fsp3) is 0.500. The Kier molecular flexibility index (Phi) is 4.53. The average Bonchev–Trinajstić information content (AvgIpc) is 2.31. The smallest absolute Gasteiger partial charge is 0.219 e. The Hall–Kier alpha value is -1.31. The zero-order chi connectivity index (χ0) is 12.1. The highest BCUT2D eigenvalue weighted by Gasteiger charge is 2.18. The first-order valence-electron chi connectivity index (χ1n) is 6.01. The molecule has 1 aromatic rings. The summed E-state index contributed by atoms with van der Waals surface area (Å²) in [6.45, 7) is 9.43. The van der Waals surface area contributed by atoms with E-state index in [1.165, 1.54) is 16.7 Å². The Morgan fingerprint density at radius 2 is 2.00 bits per heavy atom. The van der Waals surface area contributed by atoms with Gasteiger partial charge in [-0.3, -0.25) is 4.79 Å². The fourth-order valence-corrected chi connectivity index (χ4v) is 2.07. The van der Waals surface area contributed by atoms with E-state index in [0.717, 1.165) is 19.5 Å². The van der Waals surface area contributed by atoms with Gasteiger partial charge in [-0.05, 0) is 30.0 Å². The molecule has 2 nitrogen and oxygen atoms in total. The lowest BCUT2D eigenvalue weighted by Gasteiger charge is -2.28. The van der Waals surface area contributed by atoms with Crippen molar-refractivity contribution >= 4 is 5.91 Å². The molecule has 0 bridgehead atoms. The monoisotopic (exact) mass is 219 g/mol. The van der Waals surface area contributed by atoms with Crippen molar-refractivity contribution < 1.29 is 4.79 Å². The molecular formula is C14H21NO. The van der Waals surface area contributed by atoms with Crippen LogP contribution in [-0.2, 0) is 17.8 Å². The van der Waals surface area contributed by atoms with E-state index in [9.17, 15) is 4.79 Å². The molecule has 1 heterocycles. The number of hydrogen-bond donors (Lipinski definition) is 0. The van der Waals surface area contributed by atoms with Crippen molar-refractivity contribution in [1.82, 2.24) is 4.90 Å². The van der Waals surface area contributed by atoms with Crippen LogP contribution < -0.4 is 0 Å². The lowest BCUT2D eigenvalue weighted by Crippen LogP contribution is -2.34. The molecule has 2 heteroatoms. The third-order valence-corrected chi connectivity index (χ3v) is 2.95. The van der Waals surface area contributed by atoms with Crippen molar-refractivity contribution in [2.24, 2.45) is 0 Å². The fourth-order valence-electron chi connectivity index (χ4n) is 2.07. The maximum absolute atomic E-state index is 11.2. The third kappa shape index (κ3) is 2.63. The van der Waals surface area contributed by atoms with E-state index in [1.54, 1.807) is 6.92 Å². The zero-order valence-corrected chi connectivity index (χ0v) is 10.7. The SMILES string of the molecule is CC.CC(=O)N1CCc2c(C)cccc2C1. The molecule has 1 aliphatic rings. The summed E-state index contributed by atoms with van der Waals surface area (Å²) in [5.74, 6) is 0.178. The third-order valence-electron chi connectivity index (χ3n) is 2.95. The first-order chi connectivity index (χ1) is 7.68. The minimum atomic E-state index is 0.178. The minimum absolute atomic E-state index is 0.178. The van der Waals surface area contributed by atoms with Gasteiger partial charge in [-0.1, -0.05) is 32.0 Å². The molecule has 1 aliphatic heterocycles. The molecule has 1 amide bonds. The maximum atomic E-state index is 11.2. The number of rotatable bonds is 0. The highest BCUT2D eigenvalue weighted by atomic mass is 16.2. The van der Waals surface area contributed by atoms with E-state index in [-0.39, 0.29) is 5.91 Å². The second-order valence-corrected chi connectivity index (χ2v) is 3.90. The van der Waals surface area contributed by atoms with Crippen molar-refractivity contribution in [3.63, 3.8) is 0 Å². The van der Waals surface area contributed by atoms with E-state index in [0.29, 0.717) is 0 Å². The quantitative estimate of drug-likeness (QED) is 0.657. The molecule has 0 unspecified atom stereocenters. The van der Waals surface area contributed by atoms with Crippen molar-refractivity contribution in [3.05, 3.63) is 34.9 Å². The number of aryl methyl sites for hydroxylation is 1. The predicted octanol–water partition coefficient (Wildman–Crippen LogP) is 2.93. The van der Waals surface area contributed by atoms with Crippen LogP contribution in [0.5, 0.6) is 0 Å². The van der Waals surface area contributed by atoms with Crippen LogP contribution in [0.3, 0.4) is 0 Å².